The Morgan fingerprint density at radius 1 is 1.19 bits per heavy atom. The van der Waals surface area contributed by atoms with E-state index in [0.717, 1.165) is 31.5 Å². The third-order valence-electron chi connectivity index (χ3n) is 3.93. The minimum Gasteiger partial charge on any atom is -0.366 e. The van der Waals surface area contributed by atoms with E-state index in [2.05, 4.69) is 17.0 Å². The van der Waals surface area contributed by atoms with Crippen molar-refractivity contribution >= 4 is 17.6 Å². The Bertz CT molecular complexity index is 516. The second-order valence-electron chi connectivity index (χ2n) is 5.47. The third kappa shape index (κ3) is 3.33. The van der Waals surface area contributed by atoms with E-state index in [-0.39, 0.29) is 10.6 Å². The average Bonchev–Trinajstić information content (AvgIpc) is 2.37. The number of rotatable bonds is 5. The highest BCUT2D eigenvalue weighted by Crippen LogP contribution is 2.33. The molecule has 1 aromatic carbocycles. The summed E-state index contributed by atoms with van der Waals surface area (Å²) < 4.78 is 0.230. The van der Waals surface area contributed by atoms with Crippen molar-refractivity contribution in [2.45, 2.75) is 38.6 Å². The number of nitrogens with two attached hydrogens (primary N) is 3. The summed E-state index contributed by atoms with van der Waals surface area (Å²) in [5.74, 6) is 0.516. The second-order valence-corrected chi connectivity index (χ2v) is 5.47. The van der Waals surface area contributed by atoms with E-state index in [1.165, 1.54) is 6.42 Å². The van der Waals surface area contributed by atoms with E-state index in [1.54, 1.807) is 0 Å². The van der Waals surface area contributed by atoms with Crippen LogP contribution in [0.15, 0.2) is 40.4 Å². The first-order chi connectivity index (χ1) is 10.1. The summed E-state index contributed by atoms with van der Waals surface area (Å²) in [6.07, 6.45) is 4.26. The summed E-state index contributed by atoms with van der Waals surface area (Å²) >= 11 is 0. The summed E-state index contributed by atoms with van der Waals surface area (Å²) in [4.78, 5) is 4.55. The molecule has 0 bridgehead atoms. The molecule has 0 saturated heterocycles. The molecule has 0 spiro atoms. The van der Waals surface area contributed by atoms with E-state index < -0.39 is 0 Å². The highest BCUT2D eigenvalue weighted by Gasteiger charge is 2.45. The molecule has 1 aliphatic rings. The van der Waals surface area contributed by atoms with Crippen LogP contribution in [-0.2, 0) is 0 Å². The van der Waals surface area contributed by atoms with Gasteiger partial charge in [-0.05, 0) is 30.1 Å². The number of guanidine groups is 2. The van der Waals surface area contributed by atoms with Crippen molar-refractivity contribution in [1.29, 1.82) is 0 Å². The highest BCUT2D eigenvalue weighted by atomic mass is 15.7. The maximum absolute atomic E-state index is 6.33. The van der Waals surface area contributed by atoms with Crippen molar-refractivity contribution in [2.24, 2.45) is 27.3 Å². The van der Waals surface area contributed by atoms with Crippen molar-refractivity contribution in [3.63, 3.8) is 0 Å². The monoisotopic (exact) mass is 289 g/mol. The second kappa shape index (κ2) is 6.58. The van der Waals surface area contributed by atoms with Gasteiger partial charge in [-0.3, -0.25) is 0 Å². The highest BCUT2D eigenvalue weighted by molar-refractivity contribution is 5.78. The minimum atomic E-state index is 0.0570. The van der Waals surface area contributed by atoms with E-state index in [4.69, 9.17) is 17.2 Å². The molecule has 6 nitrogen and oxygen atoms in total. The Balaban J connectivity index is 2.42. The van der Waals surface area contributed by atoms with Crippen molar-refractivity contribution < 1.29 is 4.59 Å². The number of aliphatic imine (C=N–C) groups is 1. The lowest BCUT2D eigenvalue weighted by Crippen LogP contribution is -2.62. The van der Waals surface area contributed by atoms with Crippen LogP contribution >= 0.6 is 0 Å². The Morgan fingerprint density at radius 2 is 1.86 bits per heavy atom. The fourth-order valence-corrected chi connectivity index (χ4v) is 2.75. The standard InChI is InChI=1S/C15H25N6/c1-2-11-21(20-14(16)17,13-9-6-10-13)15(18)19-12-7-4-3-5-8-12/h3-5,7-8,13H,2,6,9-11H2,1H3,(H2,18,19)(H4,16,17,20)/q+1. The maximum atomic E-state index is 6.33. The summed E-state index contributed by atoms with van der Waals surface area (Å²) in [6, 6.07) is 9.98. The maximum Gasteiger partial charge on any atom is 0.327 e. The molecule has 0 aliphatic heterocycles. The van der Waals surface area contributed by atoms with Gasteiger partial charge in [0.1, 0.15) is 12.6 Å². The largest absolute Gasteiger partial charge is 0.366 e. The molecule has 1 fully saturated rings. The van der Waals surface area contributed by atoms with Gasteiger partial charge in [0, 0.05) is 12.8 Å². The van der Waals surface area contributed by atoms with Gasteiger partial charge in [-0.15, -0.1) is 4.59 Å². The quantitative estimate of drug-likeness (QED) is 0.332. The van der Waals surface area contributed by atoms with Gasteiger partial charge in [-0.25, -0.2) is 0 Å². The van der Waals surface area contributed by atoms with E-state index in [9.17, 15) is 0 Å². The number of benzene rings is 1. The zero-order valence-corrected chi connectivity index (χ0v) is 12.6. The van der Waals surface area contributed by atoms with Crippen LogP contribution in [-0.4, -0.2) is 29.1 Å². The molecule has 0 radical (unpaired) electrons. The summed E-state index contributed by atoms with van der Waals surface area (Å²) in [5.41, 5.74) is 18.5. The topological polar surface area (TPSA) is 103 Å². The van der Waals surface area contributed by atoms with Gasteiger partial charge in [0.25, 0.3) is 0 Å². The normalized spacial score (nSPS) is 18.6. The van der Waals surface area contributed by atoms with Crippen LogP contribution in [0.1, 0.15) is 32.6 Å². The lowest BCUT2D eigenvalue weighted by molar-refractivity contribution is -0.882. The van der Waals surface area contributed by atoms with Crippen LogP contribution in [0.2, 0.25) is 0 Å². The number of para-hydroxylation sites is 1. The predicted molar refractivity (Wildman–Crippen MR) is 86.6 cm³/mol. The molecule has 1 atom stereocenters. The smallest absolute Gasteiger partial charge is 0.327 e. The van der Waals surface area contributed by atoms with Crippen LogP contribution < -0.4 is 17.2 Å². The van der Waals surface area contributed by atoms with Crippen LogP contribution in [0.4, 0.5) is 5.69 Å². The van der Waals surface area contributed by atoms with Gasteiger partial charge >= 0.3 is 5.96 Å². The number of quaternary nitrogens is 1. The molecule has 114 valence electrons. The van der Waals surface area contributed by atoms with Gasteiger partial charge in [-0.2, -0.15) is 4.99 Å². The van der Waals surface area contributed by atoms with Crippen LogP contribution in [0.25, 0.3) is 0 Å². The van der Waals surface area contributed by atoms with Crippen LogP contribution in [0.3, 0.4) is 0 Å². The molecule has 21 heavy (non-hydrogen) atoms. The summed E-state index contributed by atoms with van der Waals surface area (Å²) in [6.45, 7) is 2.86. The molecule has 6 heteroatoms. The van der Waals surface area contributed by atoms with Gasteiger partial charge in [0.15, 0.2) is 0 Å². The number of nitrogens with zero attached hydrogens (tertiary/aromatic N) is 3. The Labute approximate surface area is 125 Å². The Hall–Kier alpha value is -2.08. The van der Waals surface area contributed by atoms with E-state index in [1.807, 2.05) is 30.3 Å². The molecule has 1 aliphatic carbocycles. The van der Waals surface area contributed by atoms with Gasteiger partial charge in [0.2, 0.25) is 5.96 Å². The van der Waals surface area contributed by atoms with Gasteiger partial charge < -0.3 is 17.2 Å². The molecule has 1 aromatic rings. The van der Waals surface area contributed by atoms with Gasteiger partial charge in [0.05, 0.1) is 5.69 Å². The molecule has 1 saturated carbocycles. The van der Waals surface area contributed by atoms with Gasteiger partial charge in [-0.1, -0.05) is 25.1 Å². The Morgan fingerprint density at radius 3 is 2.33 bits per heavy atom. The first-order valence-corrected chi connectivity index (χ1v) is 7.47. The van der Waals surface area contributed by atoms with Crippen molar-refractivity contribution in [1.82, 2.24) is 0 Å². The molecule has 2 rings (SSSR count). The van der Waals surface area contributed by atoms with E-state index >= 15 is 0 Å². The fourth-order valence-electron chi connectivity index (χ4n) is 2.75. The lowest BCUT2D eigenvalue weighted by atomic mass is 9.90. The average molecular weight is 289 g/mol. The zero-order valence-electron chi connectivity index (χ0n) is 12.6. The molecule has 0 amide bonds. The fraction of sp³-hybridized carbons (Fsp3) is 0.467. The zero-order chi connectivity index (χ0) is 15.3. The third-order valence-corrected chi connectivity index (χ3v) is 3.93. The van der Waals surface area contributed by atoms with Crippen molar-refractivity contribution in [3.8, 4) is 0 Å². The molecule has 0 heterocycles. The lowest BCUT2D eigenvalue weighted by Gasteiger charge is -2.41. The summed E-state index contributed by atoms with van der Waals surface area (Å²) in [7, 11) is 0. The Kier molecular flexibility index (Phi) is 4.80. The van der Waals surface area contributed by atoms with E-state index in [0.29, 0.717) is 12.0 Å². The SMILES string of the molecule is CCC[N+](N=C(N)N)(C(N)=Nc1ccccc1)C1CCC1. The van der Waals surface area contributed by atoms with Crippen molar-refractivity contribution in [2.75, 3.05) is 6.54 Å². The van der Waals surface area contributed by atoms with Crippen LogP contribution in [0, 0.1) is 0 Å². The molecule has 0 aromatic heterocycles. The number of hydrogen-bond donors (Lipinski definition) is 3. The first-order valence-electron chi connectivity index (χ1n) is 7.47. The minimum absolute atomic E-state index is 0.0570. The number of hydrogen-bond acceptors (Lipinski definition) is 2. The predicted octanol–water partition coefficient (Wildman–Crippen LogP) is 1.60. The first kappa shape index (κ1) is 15.3. The molecular weight excluding hydrogens is 264 g/mol. The van der Waals surface area contributed by atoms with Crippen molar-refractivity contribution in [3.05, 3.63) is 30.3 Å². The van der Waals surface area contributed by atoms with Crippen LogP contribution in [0.5, 0.6) is 0 Å². The molecule has 1 unspecified atom stereocenters. The molecule has 6 N–H and O–H groups in total. The summed E-state index contributed by atoms with van der Waals surface area (Å²) in [5, 5.41) is 4.47. The molecular formula is C15H25N6+.